The summed E-state index contributed by atoms with van der Waals surface area (Å²) in [4.78, 5) is 10.9. The maximum atomic E-state index is 10.9. The Hall–Kier alpha value is -0.153. The van der Waals surface area contributed by atoms with E-state index in [1.165, 1.54) is 0 Å². The van der Waals surface area contributed by atoms with Crippen LogP contribution in [0, 0.1) is 11.8 Å². The van der Waals surface area contributed by atoms with E-state index in [1.807, 2.05) is 0 Å². The fourth-order valence-corrected chi connectivity index (χ4v) is 2.36. The third kappa shape index (κ3) is 5.26. The Balaban J connectivity index is 4.26. The largest absolute Gasteiger partial charge is 0.416 e. The Morgan fingerprint density at radius 2 is 1.75 bits per heavy atom. The van der Waals surface area contributed by atoms with E-state index < -0.39 is 8.32 Å². The van der Waals surface area contributed by atoms with Crippen molar-refractivity contribution < 1.29 is 9.22 Å². The molecule has 0 radical (unpaired) electrons. The van der Waals surface area contributed by atoms with Crippen LogP contribution in [0.5, 0.6) is 0 Å². The molecule has 0 aliphatic carbocycles. The van der Waals surface area contributed by atoms with Crippen LogP contribution in [0.4, 0.5) is 0 Å². The summed E-state index contributed by atoms with van der Waals surface area (Å²) in [6.45, 7) is 16.0. The number of hydrogen-bond acceptors (Lipinski definition) is 2. The Labute approximate surface area is 102 Å². The summed E-state index contributed by atoms with van der Waals surface area (Å²) >= 11 is 0. The van der Waals surface area contributed by atoms with E-state index in [1.54, 1.807) is 0 Å². The lowest BCUT2D eigenvalue weighted by molar-refractivity contribution is -0.112. The summed E-state index contributed by atoms with van der Waals surface area (Å²) in [6, 6.07) is 0. The molecule has 96 valence electrons. The zero-order valence-corrected chi connectivity index (χ0v) is 13.0. The van der Waals surface area contributed by atoms with Gasteiger partial charge in [-0.15, -0.1) is 0 Å². The van der Waals surface area contributed by atoms with E-state index in [-0.39, 0.29) is 11.0 Å². The standard InChI is InChI=1S/C13H28O2Si/c1-11(2)8-12(9-14)10-15-16(6,7)13(3,4)5/h9,11-12H,8,10H2,1-7H3/t12-/m0/s1. The van der Waals surface area contributed by atoms with Crippen LogP contribution in [-0.4, -0.2) is 21.2 Å². The topological polar surface area (TPSA) is 26.3 Å². The number of hydrogen-bond donors (Lipinski definition) is 0. The average Bonchev–Trinajstić information content (AvgIpc) is 2.09. The van der Waals surface area contributed by atoms with Crippen LogP contribution in [0.1, 0.15) is 41.0 Å². The summed E-state index contributed by atoms with van der Waals surface area (Å²) in [5.41, 5.74) is 0. The Morgan fingerprint density at radius 3 is 2.06 bits per heavy atom. The molecule has 2 nitrogen and oxygen atoms in total. The SMILES string of the molecule is CC(C)C[C@@H](C=O)CO[Si](C)(C)C(C)(C)C. The van der Waals surface area contributed by atoms with Crippen molar-refractivity contribution >= 4 is 14.6 Å². The van der Waals surface area contributed by atoms with Crippen LogP contribution < -0.4 is 0 Å². The second-order valence-corrected chi connectivity index (χ2v) is 11.4. The Kier molecular flexibility index (Phi) is 5.91. The van der Waals surface area contributed by atoms with Gasteiger partial charge in [0.05, 0.1) is 0 Å². The van der Waals surface area contributed by atoms with E-state index >= 15 is 0 Å². The van der Waals surface area contributed by atoms with E-state index in [4.69, 9.17) is 4.43 Å². The average molecular weight is 244 g/mol. The molecule has 0 aliphatic heterocycles. The molecule has 0 heterocycles. The van der Waals surface area contributed by atoms with Crippen molar-refractivity contribution in [3.8, 4) is 0 Å². The van der Waals surface area contributed by atoms with Crippen LogP contribution in [0.15, 0.2) is 0 Å². The minimum atomic E-state index is -1.69. The third-order valence-corrected chi connectivity index (χ3v) is 7.93. The lowest BCUT2D eigenvalue weighted by Gasteiger charge is -2.37. The minimum Gasteiger partial charge on any atom is -0.416 e. The van der Waals surface area contributed by atoms with Gasteiger partial charge in [-0.05, 0) is 30.5 Å². The van der Waals surface area contributed by atoms with Gasteiger partial charge < -0.3 is 9.22 Å². The second-order valence-electron chi connectivity index (χ2n) is 6.60. The molecule has 0 N–H and O–H groups in total. The van der Waals surface area contributed by atoms with Gasteiger partial charge in [-0.25, -0.2) is 0 Å². The predicted molar refractivity (Wildman–Crippen MR) is 72.2 cm³/mol. The van der Waals surface area contributed by atoms with E-state index in [2.05, 4.69) is 47.7 Å². The van der Waals surface area contributed by atoms with Crippen LogP contribution in [0.2, 0.25) is 18.1 Å². The zero-order chi connectivity index (χ0) is 13.0. The smallest absolute Gasteiger partial charge is 0.192 e. The first-order valence-electron chi connectivity index (χ1n) is 6.19. The maximum absolute atomic E-state index is 10.9. The predicted octanol–water partition coefficient (Wildman–Crippen LogP) is 3.87. The molecule has 0 saturated heterocycles. The second kappa shape index (κ2) is 5.96. The molecule has 0 aromatic heterocycles. The molecule has 0 bridgehead atoms. The van der Waals surface area contributed by atoms with Crippen LogP contribution >= 0.6 is 0 Å². The van der Waals surface area contributed by atoms with Gasteiger partial charge in [0, 0.05) is 12.5 Å². The highest BCUT2D eigenvalue weighted by Gasteiger charge is 2.37. The zero-order valence-electron chi connectivity index (χ0n) is 12.0. The Bertz CT molecular complexity index is 216. The van der Waals surface area contributed by atoms with Crippen molar-refractivity contribution in [3.63, 3.8) is 0 Å². The van der Waals surface area contributed by atoms with Gasteiger partial charge >= 0.3 is 0 Å². The van der Waals surface area contributed by atoms with Gasteiger partial charge in [-0.1, -0.05) is 34.6 Å². The summed E-state index contributed by atoms with van der Waals surface area (Å²) in [5.74, 6) is 0.618. The summed E-state index contributed by atoms with van der Waals surface area (Å²) in [5, 5.41) is 0.221. The van der Waals surface area contributed by atoms with Crippen molar-refractivity contribution in [2.45, 2.75) is 59.2 Å². The van der Waals surface area contributed by atoms with E-state index in [0.717, 1.165) is 12.7 Å². The highest BCUT2D eigenvalue weighted by Crippen LogP contribution is 2.36. The van der Waals surface area contributed by atoms with Gasteiger partial charge in [0.15, 0.2) is 8.32 Å². The number of rotatable bonds is 6. The van der Waals surface area contributed by atoms with Crippen molar-refractivity contribution in [2.75, 3.05) is 6.61 Å². The number of carbonyl (C=O) groups is 1. The van der Waals surface area contributed by atoms with Gasteiger partial charge in [0.25, 0.3) is 0 Å². The highest BCUT2D eigenvalue weighted by atomic mass is 28.4. The molecule has 0 aliphatic rings. The molecule has 0 saturated carbocycles. The van der Waals surface area contributed by atoms with Crippen LogP contribution in [-0.2, 0) is 9.22 Å². The van der Waals surface area contributed by atoms with Crippen molar-refractivity contribution in [2.24, 2.45) is 11.8 Å². The van der Waals surface area contributed by atoms with E-state index in [0.29, 0.717) is 12.5 Å². The molecule has 0 spiro atoms. The van der Waals surface area contributed by atoms with Gasteiger partial charge in [-0.3, -0.25) is 0 Å². The molecule has 0 fully saturated rings. The Morgan fingerprint density at radius 1 is 1.25 bits per heavy atom. The molecule has 3 heteroatoms. The van der Waals surface area contributed by atoms with Crippen molar-refractivity contribution in [1.82, 2.24) is 0 Å². The summed E-state index contributed by atoms with van der Waals surface area (Å²) < 4.78 is 6.06. The normalized spacial score (nSPS) is 15.2. The molecular weight excluding hydrogens is 216 g/mol. The lowest BCUT2D eigenvalue weighted by Crippen LogP contribution is -2.42. The van der Waals surface area contributed by atoms with E-state index in [9.17, 15) is 4.79 Å². The molecule has 0 aromatic carbocycles. The summed E-state index contributed by atoms with van der Waals surface area (Å²) in [6.07, 6.45) is 1.98. The third-order valence-electron chi connectivity index (χ3n) is 3.43. The minimum absolute atomic E-state index is 0.0640. The van der Waals surface area contributed by atoms with Gasteiger partial charge in [0.2, 0.25) is 0 Å². The molecule has 0 unspecified atom stereocenters. The molecule has 0 rings (SSSR count). The quantitative estimate of drug-likeness (QED) is 0.524. The fraction of sp³-hybridized carbons (Fsp3) is 0.923. The first kappa shape index (κ1) is 15.8. The van der Waals surface area contributed by atoms with Crippen LogP contribution in [0.25, 0.3) is 0 Å². The number of carbonyl (C=O) groups excluding carboxylic acids is 1. The van der Waals surface area contributed by atoms with Crippen LogP contribution in [0.3, 0.4) is 0 Å². The maximum Gasteiger partial charge on any atom is 0.192 e. The van der Waals surface area contributed by atoms with Crippen molar-refractivity contribution in [1.29, 1.82) is 0 Å². The number of aldehydes is 1. The fourth-order valence-electron chi connectivity index (χ4n) is 1.30. The molecule has 16 heavy (non-hydrogen) atoms. The highest BCUT2D eigenvalue weighted by molar-refractivity contribution is 6.74. The monoisotopic (exact) mass is 244 g/mol. The van der Waals surface area contributed by atoms with Gasteiger partial charge in [0.1, 0.15) is 6.29 Å². The van der Waals surface area contributed by atoms with Gasteiger partial charge in [-0.2, -0.15) is 0 Å². The lowest BCUT2D eigenvalue weighted by atomic mass is 9.99. The molecular formula is C13H28O2Si. The molecule has 0 aromatic rings. The van der Waals surface area contributed by atoms with Crippen molar-refractivity contribution in [3.05, 3.63) is 0 Å². The molecule has 0 amide bonds. The summed E-state index contributed by atoms with van der Waals surface area (Å²) in [7, 11) is -1.69. The molecule has 1 atom stereocenters. The first-order valence-corrected chi connectivity index (χ1v) is 9.10. The first-order chi connectivity index (χ1) is 7.10.